The molecule has 6 heteroatoms. The quantitative estimate of drug-likeness (QED) is 0.619. The lowest BCUT2D eigenvalue weighted by molar-refractivity contribution is 0.112. The van der Waals surface area contributed by atoms with Gasteiger partial charge in [-0.3, -0.25) is 9.48 Å². The van der Waals surface area contributed by atoms with Crippen LogP contribution >= 0.6 is 11.8 Å². The third-order valence-corrected chi connectivity index (χ3v) is 3.63. The molecule has 0 saturated carbocycles. The van der Waals surface area contributed by atoms with Crippen LogP contribution in [0.15, 0.2) is 35.4 Å². The molecule has 0 saturated heterocycles. The summed E-state index contributed by atoms with van der Waals surface area (Å²) in [5.41, 5.74) is 1.55. The molecule has 0 atom stereocenters. The van der Waals surface area contributed by atoms with E-state index in [1.165, 1.54) is 0 Å². The Bertz CT molecular complexity index is 630. The van der Waals surface area contributed by atoms with Gasteiger partial charge >= 0.3 is 0 Å². The summed E-state index contributed by atoms with van der Waals surface area (Å²) in [5.74, 6) is -2.44. The smallest absolute Gasteiger partial charge is 0.288 e. The van der Waals surface area contributed by atoms with Crippen LogP contribution < -0.4 is 0 Å². The van der Waals surface area contributed by atoms with Gasteiger partial charge in [0.2, 0.25) is 0 Å². The Hall–Kier alpha value is -1.69. The highest BCUT2D eigenvalue weighted by Gasteiger charge is 2.18. The van der Waals surface area contributed by atoms with Gasteiger partial charge in [0.15, 0.2) is 6.29 Å². The van der Waals surface area contributed by atoms with Crippen LogP contribution in [0.2, 0.25) is 0 Å². The van der Waals surface area contributed by atoms with E-state index < -0.39 is 5.76 Å². The standard InChI is InChI=1S/C15H16F2N2OS/c1-15(2,3)19-8-11(9-20)13(18-19)10-4-6-12(7-5-10)21-14(16)17/h4-9,14H,1-3H3. The summed E-state index contributed by atoms with van der Waals surface area (Å²) in [6.45, 7) is 5.96. The number of alkyl halides is 2. The van der Waals surface area contributed by atoms with Gasteiger partial charge in [-0.2, -0.15) is 13.9 Å². The highest BCUT2D eigenvalue weighted by molar-refractivity contribution is 7.99. The maximum absolute atomic E-state index is 12.3. The Kier molecular flexibility index (Phi) is 4.46. The summed E-state index contributed by atoms with van der Waals surface area (Å²) >= 11 is 0.493. The van der Waals surface area contributed by atoms with Crippen LogP contribution in [0.5, 0.6) is 0 Å². The largest absolute Gasteiger partial charge is 0.298 e. The predicted molar refractivity (Wildman–Crippen MR) is 79.9 cm³/mol. The van der Waals surface area contributed by atoms with Crippen LogP contribution in [0, 0.1) is 0 Å². The lowest BCUT2D eigenvalue weighted by Crippen LogP contribution is -2.22. The molecule has 1 aromatic carbocycles. The average Bonchev–Trinajstić information content (AvgIpc) is 2.83. The van der Waals surface area contributed by atoms with Crippen molar-refractivity contribution in [2.75, 3.05) is 0 Å². The second-order valence-corrected chi connectivity index (χ2v) is 6.63. The topological polar surface area (TPSA) is 34.9 Å². The molecule has 2 rings (SSSR count). The SMILES string of the molecule is CC(C)(C)n1cc(C=O)c(-c2ccc(SC(F)F)cc2)n1. The van der Waals surface area contributed by atoms with Crippen molar-refractivity contribution in [2.24, 2.45) is 0 Å². The highest BCUT2D eigenvalue weighted by Crippen LogP contribution is 2.29. The van der Waals surface area contributed by atoms with Crippen LogP contribution in [0.3, 0.4) is 0 Å². The fourth-order valence-electron chi connectivity index (χ4n) is 1.84. The molecule has 2 aromatic rings. The third-order valence-electron chi connectivity index (χ3n) is 2.91. The Morgan fingerprint density at radius 3 is 2.33 bits per heavy atom. The first-order chi connectivity index (χ1) is 9.81. The molecule has 0 unspecified atom stereocenters. The molecule has 0 aliphatic heterocycles. The van der Waals surface area contributed by atoms with E-state index in [1.807, 2.05) is 20.8 Å². The van der Waals surface area contributed by atoms with E-state index in [9.17, 15) is 13.6 Å². The first-order valence-corrected chi connectivity index (χ1v) is 7.30. The first kappa shape index (κ1) is 15.7. The van der Waals surface area contributed by atoms with E-state index in [0.29, 0.717) is 27.9 Å². The summed E-state index contributed by atoms with van der Waals surface area (Å²) in [6, 6.07) is 6.62. The number of benzene rings is 1. The summed E-state index contributed by atoms with van der Waals surface area (Å²) < 4.78 is 26.3. The lowest BCUT2D eigenvalue weighted by atomic mass is 10.1. The van der Waals surface area contributed by atoms with Crippen LogP contribution in [-0.2, 0) is 5.54 Å². The second kappa shape index (κ2) is 5.97. The molecule has 21 heavy (non-hydrogen) atoms. The minimum atomic E-state index is -2.44. The number of hydrogen-bond acceptors (Lipinski definition) is 3. The lowest BCUT2D eigenvalue weighted by Gasteiger charge is -2.18. The van der Waals surface area contributed by atoms with E-state index in [-0.39, 0.29) is 5.54 Å². The molecule has 0 aliphatic carbocycles. The van der Waals surface area contributed by atoms with Gasteiger partial charge in [-0.05, 0) is 32.9 Å². The molecule has 0 aliphatic rings. The molecule has 1 heterocycles. The molecule has 0 amide bonds. The molecular weight excluding hydrogens is 294 g/mol. The zero-order valence-electron chi connectivity index (χ0n) is 12.0. The van der Waals surface area contributed by atoms with Gasteiger partial charge in [-0.1, -0.05) is 23.9 Å². The zero-order chi connectivity index (χ0) is 15.6. The van der Waals surface area contributed by atoms with Crippen molar-refractivity contribution in [3.8, 4) is 11.3 Å². The minimum absolute atomic E-state index is 0.235. The molecule has 1 aromatic heterocycles. The normalized spacial score (nSPS) is 11.9. The van der Waals surface area contributed by atoms with E-state index in [2.05, 4.69) is 5.10 Å². The molecule has 0 fully saturated rings. The fourth-order valence-corrected chi connectivity index (χ4v) is 2.33. The van der Waals surface area contributed by atoms with E-state index in [1.54, 1.807) is 35.1 Å². The van der Waals surface area contributed by atoms with Crippen molar-refractivity contribution in [1.29, 1.82) is 0 Å². The van der Waals surface area contributed by atoms with Crippen LogP contribution in [0.25, 0.3) is 11.3 Å². The number of aromatic nitrogens is 2. The van der Waals surface area contributed by atoms with Crippen molar-refractivity contribution in [3.63, 3.8) is 0 Å². The number of aldehydes is 1. The predicted octanol–water partition coefficient (Wildman–Crippen LogP) is 4.43. The monoisotopic (exact) mass is 310 g/mol. The summed E-state index contributed by atoms with van der Waals surface area (Å²) in [7, 11) is 0. The summed E-state index contributed by atoms with van der Waals surface area (Å²) in [6.07, 6.45) is 2.45. The zero-order valence-corrected chi connectivity index (χ0v) is 12.8. The Balaban J connectivity index is 2.37. The highest BCUT2D eigenvalue weighted by atomic mass is 32.2. The Morgan fingerprint density at radius 1 is 1.24 bits per heavy atom. The van der Waals surface area contributed by atoms with Crippen molar-refractivity contribution in [1.82, 2.24) is 9.78 Å². The molecule has 0 bridgehead atoms. The van der Waals surface area contributed by atoms with Crippen LogP contribution in [0.4, 0.5) is 8.78 Å². The van der Waals surface area contributed by atoms with Crippen LogP contribution in [0.1, 0.15) is 31.1 Å². The van der Waals surface area contributed by atoms with E-state index in [4.69, 9.17) is 0 Å². The molecule has 3 nitrogen and oxygen atoms in total. The summed E-state index contributed by atoms with van der Waals surface area (Å²) in [4.78, 5) is 11.7. The maximum Gasteiger partial charge on any atom is 0.288 e. The van der Waals surface area contributed by atoms with Crippen LogP contribution in [-0.4, -0.2) is 21.8 Å². The molecule has 112 valence electrons. The number of carbonyl (C=O) groups is 1. The molecule has 0 N–H and O–H groups in total. The first-order valence-electron chi connectivity index (χ1n) is 6.42. The number of nitrogens with zero attached hydrogens (tertiary/aromatic N) is 2. The van der Waals surface area contributed by atoms with Crippen molar-refractivity contribution in [2.45, 2.75) is 37.0 Å². The van der Waals surface area contributed by atoms with Gasteiger partial charge in [-0.25, -0.2) is 0 Å². The number of rotatable bonds is 4. The minimum Gasteiger partial charge on any atom is -0.298 e. The fraction of sp³-hybridized carbons (Fsp3) is 0.333. The van der Waals surface area contributed by atoms with Crippen molar-refractivity contribution >= 4 is 18.0 Å². The van der Waals surface area contributed by atoms with Crippen molar-refractivity contribution < 1.29 is 13.6 Å². The Labute approximate surface area is 126 Å². The van der Waals surface area contributed by atoms with Gasteiger partial charge in [-0.15, -0.1) is 0 Å². The molecule has 0 spiro atoms. The Morgan fingerprint density at radius 2 is 1.86 bits per heavy atom. The number of thioether (sulfide) groups is 1. The molecule has 0 radical (unpaired) electrons. The number of carbonyl (C=O) groups excluding carboxylic acids is 1. The number of halogens is 2. The second-order valence-electron chi connectivity index (χ2n) is 5.57. The van der Waals surface area contributed by atoms with Gasteiger partial charge in [0.1, 0.15) is 5.69 Å². The average molecular weight is 310 g/mol. The van der Waals surface area contributed by atoms with Gasteiger partial charge in [0, 0.05) is 16.7 Å². The molecular formula is C15H16F2N2OS. The summed E-state index contributed by atoms with van der Waals surface area (Å²) in [5, 5.41) is 4.44. The number of hydrogen-bond donors (Lipinski definition) is 0. The maximum atomic E-state index is 12.3. The van der Waals surface area contributed by atoms with E-state index in [0.717, 1.165) is 11.8 Å². The van der Waals surface area contributed by atoms with Gasteiger partial charge < -0.3 is 0 Å². The third kappa shape index (κ3) is 3.69. The van der Waals surface area contributed by atoms with Crippen molar-refractivity contribution in [3.05, 3.63) is 36.0 Å². The van der Waals surface area contributed by atoms with Gasteiger partial charge in [0.25, 0.3) is 5.76 Å². The van der Waals surface area contributed by atoms with E-state index >= 15 is 0 Å². The van der Waals surface area contributed by atoms with Gasteiger partial charge in [0.05, 0.1) is 11.1 Å².